The van der Waals surface area contributed by atoms with E-state index in [1.807, 2.05) is 6.07 Å². The Bertz CT molecular complexity index is 888. The summed E-state index contributed by atoms with van der Waals surface area (Å²) in [5.74, 6) is -1.77. The van der Waals surface area contributed by atoms with E-state index in [4.69, 9.17) is 5.26 Å². The Morgan fingerprint density at radius 3 is 2.54 bits per heavy atom. The van der Waals surface area contributed by atoms with Crippen LogP contribution in [0.1, 0.15) is 16.7 Å². The van der Waals surface area contributed by atoms with Gasteiger partial charge >= 0.3 is 5.97 Å². The monoisotopic (exact) mass is 353 g/mol. The summed E-state index contributed by atoms with van der Waals surface area (Å²) in [5, 5.41) is 31.4. The molecule has 0 saturated carbocycles. The lowest BCUT2D eigenvalue weighted by Gasteiger charge is -2.15. The maximum Gasteiger partial charge on any atom is 0.326 e. The zero-order chi connectivity index (χ0) is 19.1. The average molecular weight is 353 g/mol. The number of non-ortho nitro benzene ring substituents is 1. The molecule has 1 amide bonds. The fourth-order valence-electron chi connectivity index (χ4n) is 2.41. The molecule has 1 atom stereocenters. The van der Waals surface area contributed by atoms with Gasteiger partial charge in [-0.2, -0.15) is 5.26 Å². The van der Waals surface area contributed by atoms with Crippen LogP contribution in [0.4, 0.5) is 5.69 Å². The summed E-state index contributed by atoms with van der Waals surface area (Å²) < 4.78 is 0. The van der Waals surface area contributed by atoms with Crippen LogP contribution in [0.15, 0.2) is 48.5 Å². The number of aliphatic carboxylic acids is 1. The number of benzene rings is 2. The van der Waals surface area contributed by atoms with Gasteiger partial charge in [-0.25, -0.2) is 4.79 Å². The SMILES string of the molecule is N#Cc1cccc(C[C@@H](NC(=O)Cc2cccc([N+](=O)[O-])c2)C(=O)O)c1. The van der Waals surface area contributed by atoms with Crippen LogP contribution in [0.25, 0.3) is 0 Å². The summed E-state index contributed by atoms with van der Waals surface area (Å²) in [6, 6.07) is 12.9. The van der Waals surface area contributed by atoms with Gasteiger partial charge in [0, 0.05) is 18.6 Å². The zero-order valence-corrected chi connectivity index (χ0v) is 13.6. The van der Waals surface area contributed by atoms with Gasteiger partial charge < -0.3 is 10.4 Å². The van der Waals surface area contributed by atoms with Gasteiger partial charge in [-0.15, -0.1) is 0 Å². The standard InChI is InChI=1S/C18H15N3O5/c19-11-14-5-1-3-12(7-14)9-16(18(23)24)20-17(22)10-13-4-2-6-15(8-13)21(25)26/h1-8,16H,9-10H2,(H,20,22)(H,23,24)/t16-/m1/s1. The first kappa shape index (κ1) is 18.6. The fourth-order valence-corrected chi connectivity index (χ4v) is 2.41. The predicted molar refractivity (Wildman–Crippen MR) is 91.2 cm³/mol. The molecule has 0 radical (unpaired) electrons. The molecule has 0 aliphatic heterocycles. The molecule has 0 aliphatic carbocycles. The van der Waals surface area contributed by atoms with Crippen LogP contribution >= 0.6 is 0 Å². The largest absolute Gasteiger partial charge is 0.480 e. The normalized spacial score (nSPS) is 11.2. The number of nitriles is 1. The lowest BCUT2D eigenvalue weighted by Crippen LogP contribution is -2.43. The Kier molecular flexibility index (Phi) is 6.01. The minimum Gasteiger partial charge on any atom is -0.480 e. The quantitative estimate of drug-likeness (QED) is 0.576. The predicted octanol–water partition coefficient (Wildman–Crippen LogP) is 1.82. The first-order chi connectivity index (χ1) is 12.4. The van der Waals surface area contributed by atoms with Crippen molar-refractivity contribution in [3.8, 4) is 6.07 Å². The van der Waals surface area contributed by atoms with E-state index in [-0.39, 0.29) is 18.5 Å². The number of nitrogens with one attached hydrogen (secondary N) is 1. The first-order valence-electron chi connectivity index (χ1n) is 7.63. The van der Waals surface area contributed by atoms with Gasteiger partial charge in [0.25, 0.3) is 5.69 Å². The second kappa shape index (κ2) is 8.39. The van der Waals surface area contributed by atoms with Gasteiger partial charge in [-0.05, 0) is 23.3 Å². The average Bonchev–Trinajstić information content (AvgIpc) is 2.61. The maximum atomic E-state index is 12.1. The third-order valence-electron chi connectivity index (χ3n) is 3.62. The highest BCUT2D eigenvalue weighted by Crippen LogP contribution is 2.14. The zero-order valence-electron chi connectivity index (χ0n) is 13.6. The Labute approximate surface area is 148 Å². The summed E-state index contributed by atoms with van der Waals surface area (Å²) in [6.07, 6.45) is -0.158. The highest BCUT2D eigenvalue weighted by molar-refractivity contribution is 5.85. The van der Waals surface area contributed by atoms with Crippen molar-refractivity contribution in [1.29, 1.82) is 5.26 Å². The highest BCUT2D eigenvalue weighted by atomic mass is 16.6. The highest BCUT2D eigenvalue weighted by Gasteiger charge is 2.21. The number of carboxylic acids is 1. The molecule has 2 aromatic carbocycles. The number of rotatable bonds is 7. The number of amides is 1. The molecule has 2 rings (SSSR count). The smallest absolute Gasteiger partial charge is 0.326 e. The van der Waals surface area contributed by atoms with Gasteiger partial charge in [0.15, 0.2) is 0 Å². The van der Waals surface area contributed by atoms with Gasteiger partial charge in [0.2, 0.25) is 5.91 Å². The summed E-state index contributed by atoms with van der Waals surface area (Å²) in [4.78, 5) is 33.7. The van der Waals surface area contributed by atoms with E-state index in [9.17, 15) is 24.8 Å². The van der Waals surface area contributed by atoms with Crippen molar-refractivity contribution in [3.05, 3.63) is 75.3 Å². The Balaban J connectivity index is 2.06. The number of carboxylic acid groups (broad SMARTS) is 1. The molecule has 0 aromatic heterocycles. The maximum absolute atomic E-state index is 12.1. The summed E-state index contributed by atoms with van der Waals surface area (Å²) in [6.45, 7) is 0. The van der Waals surface area contributed by atoms with Crippen molar-refractivity contribution >= 4 is 17.6 Å². The molecule has 132 valence electrons. The van der Waals surface area contributed by atoms with Gasteiger partial charge in [0.05, 0.1) is 23.0 Å². The van der Waals surface area contributed by atoms with Crippen molar-refractivity contribution in [2.24, 2.45) is 0 Å². The van der Waals surface area contributed by atoms with Crippen LogP contribution in [0.5, 0.6) is 0 Å². The molecule has 26 heavy (non-hydrogen) atoms. The van der Waals surface area contributed by atoms with Crippen LogP contribution < -0.4 is 5.32 Å². The van der Waals surface area contributed by atoms with E-state index in [0.29, 0.717) is 16.7 Å². The number of carbonyl (C=O) groups is 2. The Morgan fingerprint density at radius 1 is 1.19 bits per heavy atom. The number of hydrogen-bond acceptors (Lipinski definition) is 5. The van der Waals surface area contributed by atoms with Gasteiger partial charge in [-0.3, -0.25) is 14.9 Å². The molecule has 0 saturated heterocycles. The van der Waals surface area contributed by atoms with Crippen molar-refractivity contribution in [3.63, 3.8) is 0 Å². The molecule has 0 bridgehead atoms. The number of hydrogen-bond donors (Lipinski definition) is 2. The van der Waals surface area contributed by atoms with Crippen molar-refractivity contribution in [2.45, 2.75) is 18.9 Å². The molecule has 2 aromatic rings. The molecule has 2 N–H and O–H groups in total. The third-order valence-corrected chi connectivity index (χ3v) is 3.62. The van der Waals surface area contributed by atoms with Crippen LogP contribution in [-0.2, 0) is 22.4 Å². The second-order valence-corrected chi connectivity index (χ2v) is 5.58. The van der Waals surface area contributed by atoms with Crippen LogP contribution in [-0.4, -0.2) is 27.9 Å². The molecular weight excluding hydrogens is 338 g/mol. The van der Waals surface area contributed by atoms with Gasteiger partial charge in [-0.1, -0.05) is 24.3 Å². The van der Waals surface area contributed by atoms with E-state index >= 15 is 0 Å². The van der Waals surface area contributed by atoms with Crippen molar-refractivity contribution in [2.75, 3.05) is 0 Å². The van der Waals surface area contributed by atoms with Crippen molar-refractivity contribution in [1.82, 2.24) is 5.32 Å². The van der Waals surface area contributed by atoms with Crippen LogP contribution in [0, 0.1) is 21.4 Å². The van der Waals surface area contributed by atoms with Crippen LogP contribution in [0.3, 0.4) is 0 Å². The summed E-state index contributed by atoms with van der Waals surface area (Å²) in [7, 11) is 0. The van der Waals surface area contributed by atoms with E-state index in [2.05, 4.69) is 5.32 Å². The van der Waals surface area contributed by atoms with Crippen molar-refractivity contribution < 1.29 is 19.6 Å². The molecule has 8 heteroatoms. The van der Waals surface area contributed by atoms with E-state index in [1.165, 1.54) is 18.2 Å². The molecular formula is C18H15N3O5. The molecule has 0 aliphatic rings. The summed E-state index contributed by atoms with van der Waals surface area (Å²) >= 11 is 0. The lowest BCUT2D eigenvalue weighted by atomic mass is 10.0. The van der Waals surface area contributed by atoms with E-state index in [0.717, 1.165) is 0 Å². The molecule has 0 unspecified atom stereocenters. The second-order valence-electron chi connectivity index (χ2n) is 5.58. The van der Waals surface area contributed by atoms with Gasteiger partial charge in [0.1, 0.15) is 6.04 Å². The van der Waals surface area contributed by atoms with E-state index in [1.54, 1.807) is 30.3 Å². The topological polar surface area (TPSA) is 133 Å². The fraction of sp³-hybridized carbons (Fsp3) is 0.167. The lowest BCUT2D eigenvalue weighted by molar-refractivity contribution is -0.384. The minimum absolute atomic E-state index is 0.0194. The number of nitro groups is 1. The third kappa shape index (κ3) is 5.14. The van der Waals surface area contributed by atoms with E-state index < -0.39 is 22.8 Å². The summed E-state index contributed by atoms with van der Waals surface area (Å²) in [5.41, 5.74) is 1.27. The Hall–Kier alpha value is -3.73. The number of carbonyl (C=O) groups excluding carboxylic acids is 1. The Morgan fingerprint density at radius 2 is 1.88 bits per heavy atom. The number of nitro benzene ring substituents is 1. The first-order valence-corrected chi connectivity index (χ1v) is 7.63. The number of nitrogens with zero attached hydrogens (tertiary/aromatic N) is 2. The minimum atomic E-state index is -1.21. The molecule has 0 heterocycles. The molecule has 0 fully saturated rings. The molecule has 0 spiro atoms. The van der Waals surface area contributed by atoms with Crippen LogP contribution in [0.2, 0.25) is 0 Å². The molecule has 8 nitrogen and oxygen atoms in total.